The maximum Gasteiger partial charge on any atom is 0.293 e. The van der Waals surface area contributed by atoms with Gasteiger partial charge in [-0.25, -0.2) is 0 Å². The number of benzene rings is 1. The SMILES string of the molecule is COc1cc(/C=C2\SC(=O)N(CCNC(=O)CCC3CCCCC3)C2=O)cc(OC)c1OC. The Labute approximate surface area is 199 Å². The van der Waals surface area contributed by atoms with Crippen LogP contribution in [0.5, 0.6) is 17.2 Å². The Kier molecular flexibility index (Phi) is 9.05. The van der Waals surface area contributed by atoms with Crippen molar-refractivity contribution in [2.75, 3.05) is 34.4 Å². The van der Waals surface area contributed by atoms with Gasteiger partial charge in [0.1, 0.15) is 0 Å². The predicted octanol–water partition coefficient (Wildman–Crippen LogP) is 4.23. The summed E-state index contributed by atoms with van der Waals surface area (Å²) in [5, 5.41) is 2.49. The summed E-state index contributed by atoms with van der Waals surface area (Å²) in [5.74, 6) is 1.60. The van der Waals surface area contributed by atoms with Crippen molar-refractivity contribution in [2.45, 2.75) is 44.9 Å². The average molecular weight is 477 g/mol. The van der Waals surface area contributed by atoms with Crippen LogP contribution in [0.25, 0.3) is 6.08 Å². The summed E-state index contributed by atoms with van der Waals surface area (Å²) in [6.07, 6.45) is 9.26. The molecular weight excluding hydrogens is 444 g/mol. The van der Waals surface area contributed by atoms with Gasteiger partial charge in [-0.1, -0.05) is 32.1 Å². The van der Waals surface area contributed by atoms with Crippen molar-refractivity contribution in [3.63, 3.8) is 0 Å². The standard InChI is InChI=1S/C24H32N2O6S/c1-30-18-13-17(14-19(31-2)22(18)32-3)15-20-23(28)26(24(29)33-20)12-11-25-21(27)10-9-16-7-5-4-6-8-16/h13-16H,4-12H2,1-3H3,(H,25,27)/b20-15-. The molecule has 0 spiro atoms. The summed E-state index contributed by atoms with van der Waals surface area (Å²) in [6.45, 7) is 0.394. The van der Waals surface area contributed by atoms with E-state index in [9.17, 15) is 14.4 Å². The van der Waals surface area contributed by atoms with Gasteiger partial charge in [-0.05, 0) is 47.9 Å². The molecule has 1 saturated heterocycles. The minimum Gasteiger partial charge on any atom is -0.493 e. The van der Waals surface area contributed by atoms with E-state index in [0.29, 0.717) is 40.1 Å². The van der Waals surface area contributed by atoms with E-state index in [1.807, 2.05) is 0 Å². The van der Waals surface area contributed by atoms with Crippen molar-refractivity contribution >= 4 is 34.9 Å². The summed E-state index contributed by atoms with van der Waals surface area (Å²) in [7, 11) is 4.54. The van der Waals surface area contributed by atoms with Gasteiger partial charge in [-0.2, -0.15) is 0 Å². The summed E-state index contributed by atoms with van der Waals surface area (Å²) in [4.78, 5) is 38.8. The monoisotopic (exact) mass is 476 g/mol. The normalized spacial score (nSPS) is 18.0. The Hall–Kier alpha value is -2.68. The molecule has 3 amide bonds. The number of imide groups is 1. The molecular formula is C24H32N2O6S. The molecule has 1 aliphatic heterocycles. The number of hydrogen-bond acceptors (Lipinski definition) is 7. The first kappa shape index (κ1) is 25.0. The van der Waals surface area contributed by atoms with E-state index in [-0.39, 0.29) is 30.1 Å². The van der Waals surface area contributed by atoms with Gasteiger partial charge < -0.3 is 19.5 Å². The first-order chi connectivity index (χ1) is 16.0. The fraction of sp³-hybridized carbons (Fsp3) is 0.542. The minimum absolute atomic E-state index is 0.0273. The number of methoxy groups -OCH3 is 3. The zero-order chi connectivity index (χ0) is 23.8. The lowest BCUT2D eigenvalue weighted by atomic mass is 9.86. The van der Waals surface area contributed by atoms with E-state index in [2.05, 4.69) is 5.32 Å². The Morgan fingerprint density at radius 2 is 1.76 bits per heavy atom. The zero-order valence-electron chi connectivity index (χ0n) is 19.5. The van der Waals surface area contributed by atoms with Crippen molar-refractivity contribution in [1.82, 2.24) is 10.2 Å². The molecule has 3 rings (SSSR count). The lowest BCUT2D eigenvalue weighted by Crippen LogP contribution is -2.37. The van der Waals surface area contributed by atoms with Crippen LogP contribution in [0.1, 0.15) is 50.5 Å². The van der Waals surface area contributed by atoms with Crippen molar-refractivity contribution < 1.29 is 28.6 Å². The van der Waals surface area contributed by atoms with E-state index in [4.69, 9.17) is 14.2 Å². The first-order valence-corrected chi connectivity index (χ1v) is 12.1. The second-order valence-electron chi connectivity index (χ2n) is 8.18. The number of carbonyl (C=O) groups is 3. The van der Waals surface area contributed by atoms with Crippen LogP contribution in [0, 0.1) is 5.92 Å². The molecule has 0 atom stereocenters. The third kappa shape index (κ3) is 6.43. The van der Waals surface area contributed by atoms with Crippen LogP contribution in [0.4, 0.5) is 4.79 Å². The molecule has 1 saturated carbocycles. The molecule has 1 N–H and O–H groups in total. The molecule has 9 heteroatoms. The highest BCUT2D eigenvalue weighted by Crippen LogP contribution is 2.40. The van der Waals surface area contributed by atoms with Gasteiger partial charge in [-0.15, -0.1) is 0 Å². The molecule has 0 unspecified atom stereocenters. The Balaban J connectivity index is 1.56. The molecule has 0 aromatic heterocycles. The minimum atomic E-state index is -0.379. The predicted molar refractivity (Wildman–Crippen MR) is 128 cm³/mol. The van der Waals surface area contributed by atoms with Gasteiger partial charge in [0.05, 0.1) is 26.2 Å². The molecule has 2 aliphatic rings. The van der Waals surface area contributed by atoms with Crippen molar-refractivity contribution in [3.8, 4) is 17.2 Å². The van der Waals surface area contributed by atoms with Crippen LogP contribution >= 0.6 is 11.8 Å². The maximum atomic E-state index is 12.8. The smallest absolute Gasteiger partial charge is 0.293 e. The number of amides is 3. The lowest BCUT2D eigenvalue weighted by Gasteiger charge is -2.21. The summed E-state index contributed by atoms with van der Waals surface area (Å²) in [6, 6.07) is 3.42. The number of nitrogens with zero attached hydrogens (tertiary/aromatic N) is 1. The van der Waals surface area contributed by atoms with Gasteiger partial charge in [0.15, 0.2) is 11.5 Å². The molecule has 1 aromatic rings. The molecule has 1 aromatic carbocycles. The number of carbonyl (C=O) groups excluding carboxylic acids is 3. The number of thioether (sulfide) groups is 1. The molecule has 8 nitrogen and oxygen atoms in total. The first-order valence-electron chi connectivity index (χ1n) is 11.3. The van der Waals surface area contributed by atoms with Gasteiger partial charge >= 0.3 is 0 Å². The highest BCUT2D eigenvalue weighted by Gasteiger charge is 2.34. The van der Waals surface area contributed by atoms with Gasteiger partial charge in [0.2, 0.25) is 11.7 Å². The van der Waals surface area contributed by atoms with Gasteiger partial charge in [0.25, 0.3) is 11.1 Å². The van der Waals surface area contributed by atoms with Crippen LogP contribution in [-0.4, -0.2) is 56.4 Å². The number of rotatable bonds is 10. The highest BCUT2D eigenvalue weighted by molar-refractivity contribution is 8.18. The Morgan fingerprint density at radius 1 is 1.09 bits per heavy atom. The second-order valence-corrected chi connectivity index (χ2v) is 9.18. The van der Waals surface area contributed by atoms with Crippen molar-refractivity contribution in [1.29, 1.82) is 0 Å². The Morgan fingerprint density at radius 3 is 2.36 bits per heavy atom. The fourth-order valence-electron chi connectivity index (χ4n) is 4.24. The van der Waals surface area contributed by atoms with E-state index in [1.165, 1.54) is 53.4 Å². The average Bonchev–Trinajstić information content (AvgIpc) is 3.09. The van der Waals surface area contributed by atoms with Gasteiger partial charge in [-0.3, -0.25) is 19.3 Å². The van der Waals surface area contributed by atoms with Crippen LogP contribution in [0.15, 0.2) is 17.0 Å². The zero-order valence-corrected chi connectivity index (χ0v) is 20.3. The van der Waals surface area contributed by atoms with Crippen molar-refractivity contribution in [3.05, 3.63) is 22.6 Å². The lowest BCUT2D eigenvalue weighted by molar-refractivity contribution is -0.124. The largest absolute Gasteiger partial charge is 0.493 e. The highest BCUT2D eigenvalue weighted by atomic mass is 32.2. The quantitative estimate of drug-likeness (QED) is 0.505. The Bertz CT molecular complexity index is 885. The topological polar surface area (TPSA) is 94.2 Å². The van der Waals surface area contributed by atoms with Crippen LogP contribution in [-0.2, 0) is 9.59 Å². The molecule has 180 valence electrons. The number of hydrogen-bond donors (Lipinski definition) is 1. The molecule has 1 aliphatic carbocycles. The van der Waals surface area contributed by atoms with Gasteiger partial charge in [0, 0.05) is 19.5 Å². The van der Waals surface area contributed by atoms with E-state index in [1.54, 1.807) is 18.2 Å². The number of ether oxygens (including phenoxy) is 3. The third-order valence-corrected chi connectivity index (χ3v) is 6.93. The van der Waals surface area contributed by atoms with Crippen LogP contribution in [0.3, 0.4) is 0 Å². The molecule has 0 radical (unpaired) electrons. The van der Waals surface area contributed by atoms with Crippen LogP contribution in [0.2, 0.25) is 0 Å². The molecule has 33 heavy (non-hydrogen) atoms. The summed E-state index contributed by atoms with van der Waals surface area (Å²) >= 11 is 0.874. The maximum absolute atomic E-state index is 12.8. The van der Waals surface area contributed by atoms with E-state index < -0.39 is 0 Å². The molecule has 1 heterocycles. The molecule has 2 fully saturated rings. The molecule has 0 bridgehead atoms. The van der Waals surface area contributed by atoms with E-state index in [0.717, 1.165) is 23.1 Å². The number of nitrogens with one attached hydrogen (secondary N) is 1. The fourth-order valence-corrected chi connectivity index (χ4v) is 5.10. The summed E-state index contributed by atoms with van der Waals surface area (Å²) in [5.41, 5.74) is 0.644. The van der Waals surface area contributed by atoms with E-state index >= 15 is 0 Å². The second kappa shape index (κ2) is 12.0. The summed E-state index contributed by atoms with van der Waals surface area (Å²) < 4.78 is 16.0. The van der Waals surface area contributed by atoms with Crippen molar-refractivity contribution in [2.24, 2.45) is 5.92 Å². The third-order valence-electron chi connectivity index (χ3n) is 6.02. The van der Waals surface area contributed by atoms with Crippen LogP contribution < -0.4 is 19.5 Å².